The van der Waals surface area contributed by atoms with Gasteiger partial charge >= 0.3 is 188 Å². The van der Waals surface area contributed by atoms with Gasteiger partial charge in [-0.25, -0.2) is 0 Å². The fourth-order valence-corrected chi connectivity index (χ4v) is 5.76. The van der Waals surface area contributed by atoms with Crippen molar-refractivity contribution in [1.29, 1.82) is 0 Å². The summed E-state index contributed by atoms with van der Waals surface area (Å²) in [6.07, 6.45) is 4.33. The van der Waals surface area contributed by atoms with Crippen LogP contribution in [0.4, 0.5) is 17.2 Å². The van der Waals surface area contributed by atoms with Crippen molar-refractivity contribution in [3.63, 3.8) is 0 Å². The van der Waals surface area contributed by atoms with Crippen LogP contribution in [0, 0.1) is 0 Å². The zero-order chi connectivity index (χ0) is 21.5. The molecule has 3 aliphatic heterocycles. The number of carbonyl (C=O) groups excluding carboxylic acids is 1. The standard InChI is InChI=1S/C23H26BN5OS/c1-27(2)16-9-10-25-21-18(16)20(24)19(22(30)26-11-14-28-12-5-6-13-28)23-29(21)15-7-3-4-8-17(15)31-23/h3-4,7-10,24H,5-6,11-14H2,1-2H3,(H,26,30). The summed E-state index contributed by atoms with van der Waals surface area (Å²) in [6, 6.07) is 10.2. The molecule has 0 bridgehead atoms. The van der Waals surface area contributed by atoms with Crippen LogP contribution in [0.25, 0.3) is 0 Å². The molecule has 0 atom stereocenters. The molecule has 31 heavy (non-hydrogen) atoms. The number of benzene rings is 1. The van der Waals surface area contributed by atoms with Crippen LogP contribution >= 0.6 is 11.8 Å². The number of anilines is 3. The van der Waals surface area contributed by atoms with E-state index in [0.717, 1.165) is 57.8 Å². The molecule has 1 aromatic heterocycles. The molecule has 1 aromatic carbocycles. The molecule has 1 amide bonds. The number of fused-ring (bicyclic) bond motifs is 5. The second-order valence-electron chi connectivity index (χ2n) is 8.29. The summed E-state index contributed by atoms with van der Waals surface area (Å²) in [5.74, 6) is 0.765. The van der Waals surface area contributed by atoms with Crippen molar-refractivity contribution in [3.8, 4) is 0 Å². The van der Waals surface area contributed by atoms with Crippen LogP contribution in [0.2, 0.25) is 0 Å². The van der Waals surface area contributed by atoms with Crippen LogP contribution < -0.4 is 15.1 Å². The van der Waals surface area contributed by atoms with Crippen LogP contribution in [0.15, 0.2) is 52.0 Å². The monoisotopic (exact) mass is 431 g/mol. The van der Waals surface area contributed by atoms with Crippen molar-refractivity contribution < 1.29 is 4.79 Å². The molecule has 1 N–H and O–H groups in total. The topological polar surface area (TPSA) is 51.7 Å². The number of nitrogens with zero attached hydrogens (tertiary/aromatic N) is 4. The summed E-state index contributed by atoms with van der Waals surface area (Å²) < 4.78 is 0. The van der Waals surface area contributed by atoms with E-state index in [1.807, 2.05) is 38.5 Å². The zero-order valence-electron chi connectivity index (χ0n) is 18.0. The second-order valence-corrected chi connectivity index (χ2v) is 9.32. The van der Waals surface area contributed by atoms with Gasteiger partial charge in [0.2, 0.25) is 0 Å². The van der Waals surface area contributed by atoms with E-state index >= 15 is 0 Å². The van der Waals surface area contributed by atoms with Crippen molar-refractivity contribution in [2.24, 2.45) is 0 Å². The average molecular weight is 431 g/mol. The third kappa shape index (κ3) is 3.48. The van der Waals surface area contributed by atoms with Crippen LogP contribution in [-0.4, -0.2) is 69.0 Å². The Morgan fingerprint density at radius 1 is 1.23 bits per heavy atom. The fraction of sp³-hybridized carbons (Fsp3) is 0.348. The summed E-state index contributed by atoms with van der Waals surface area (Å²) in [7, 11) is 8.38. The zero-order valence-corrected chi connectivity index (χ0v) is 18.8. The van der Waals surface area contributed by atoms with Crippen molar-refractivity contribution in [3.05, 3.63) is 52.7 Å². The number of likely N-dealkylation sites (tertiary alicyclic amines) is 1. The molecule has 0 aliphatic carbocycles. The molecule has 0 saturated carbocycles. The van der Waals surface area contributed by atoms with Crippen molar-refractivity contribution in [1.82, 2.24) is 15.2 Å². The molecule has 0 radical (unpaired) electrons. The Bertz CT molecular complexity index is 1090. The predicted octanol–water partition coefficient (Wildman–Crippen LogP) is 2.25. The van der Waals surface area contributed by atoms with Crippen LogP contribution in [-0.2, 0) is 4.79 Å². The Kier molecular flexibility index (Phi) is 5.36. The van der Waals surface area contributed by atoms with E-state index in [1.165, 1.54) is 12.8 Å². The summed E-state index contributed by atoms with van der Waals surface area (Å²) in [5.41, 5.74) is 4.36. The first-order chi connectivity index (χ1) is 15.1. The van der Waals surface area contributed by atoms with Gasteiger partial charge in [0.25, 0.3) is 0 Å². The van der Waals surface area contributed by atoms with E-state index in [4.69, 9.17) is 4.98 Å². The predicted molar refractivity (Wildman–Crippen MR) is 130 cm³/mol. The van der Waals surface area contributed by atoms with Gasteiger partial charge in [0.1, 0.15) is 0 Å². The Hall–Kier alpha value is -2.58. The molecule has 158 valence electrons. The Morgan fingerprint density at radius 3 is 2.77 bits per heavy atom. The summed E-state index contributed by atoms with van der Waals surface area (Å²) in [5, 5.41) is 4.04. The number of amides is 1. The Labute approximate surface area is 188 Å². The van der Waals surface area contributed by atoms with E-state index < -0.39 is 0 Å². The number of hydrogen-bond donors (Lipinski definition) is 1. The van der Waals surface area contributed by atoms with E-state index in [9.17, 15) is 4.79 Å². The van der Waals surface area contributed by atoms with Gasteiger partial charge in [0, 0.05) is 0 Å². The molecule has 4 heterocycles. The number of nitrogens with one attached hydrogen (secondary N) is 1. The Morgan fingerprint density at radius 2 is 2.00 bits per heavy atom. The average Bonchev–Trinajstić information content (AvgIpc) is 3.41. The van der Waals surface area contributed by atoms with E-state index in [1.54, 1.807) is 11.8 Å². The van der Waals surface area contributed by atoms with Gasteiger partial charge in [-0.2, -0.15) is 0 Å². The fourth-order valence-electron chi connectivity index (χ4n) is 4.54. The SMILES string of the molecule is B=C1C(C(=O)NCCN2CCCC2)=C2Sc3ccccc3N2c2nccc(N(C)C)c21. The number of para-hydroxylation sites is 1. The Balaban J connectivity index is 1.54. The maximum atomic E-state index is 13.4. The van der Waals surface area contributed by atoms with Crippen molar-refractivity contribution in [2.45, 2.75) is 17.7 Å². The van der Waals surface area contributed by atoms with Crippen molar-refractivity contribution in [2.75, 3.05) is 50.1 Å². The van der Waals surface area contributed by atoms with Gasteiger partial charge in [-0.05, 0) is 0 Å². The van der Waals surface area contributed by atoms with Gasteiger partial charge in [-0.15, -0.1) is 0 Å². The summed E-state index contributed by atoms with van der Waals surface area (Å²) in [4.78, 5) is 25.9. The van der Waals surface area contributed by atoms with Gasteiger partial charge in [0.05, 0.1) is 0 Å². The molecule has 1 saturated heterocycles. The van der Waals surface area contributed by atoms with E-state index in [2.05, 4.69) is 39.6 Å². The molecule has 5 rings (SSSR count). The first kappa shape index (κ1) is 20.3. The maximum absolute atomic E-state index is 13.4. The number of thioether (sulfide) groups is 1. The first-order valence-corrected chi connectivity index (χ1v) is 11.6. The molecule has 8 heteroatoms. The van der Waals surface area contributed by atoms with Gasteiger partial charge in [-0.3, -0.25) is 0 Å². The number of rotatable bonds is 5. The van der Waals surface area contributed by atoms with Gasteiger partial charge in [-0.1, -0.05) is 0 Å². The minimum atomic E-state index is -0.0660. The summed E-state index contributed by atoms with van der Waals surface area (Å²) in [6.45, 7) is 3.78. The molecule has 3 aliphatic rings. The molecule has 0 unspecified atom stereocenters. The molecule has 6 nitrogen and oxygen atoms in total. The third-order valence-corrected chi connectivity index (χ3v) is 7.22. The molecule has 1 fully saturated rings. The molecular formula is C23H26BN5OS. The molecular weight excluding hydrogens is 405 g/mol. The van der Waals surface area contributed by atoms with E-state index in [0.29, 0.717) is 12.1 Å². The normalized spacial score (nSPS) is 17.5. The van der Waals surface area contributed by atoms with Crippen LogP contribution in [0.5, 0.6) is 0 Å². The minimum absolute atomic E-state index is 0.0660. The number of aromatic nitrogens is 1. The number of pyridine rings is 1. The van der Waals surface area contributed by atoms with Crippen molar-refractivity contribution >= 4 is 47.8 Å². The van der Waals surface area contributed by atoms with Gasteiger partial charge in [0.15, 0.2) is 0 Å². The summed E-state index contributed by atoms with van der Waals surface area (Å²) >= 11 is 1.62. The molecule has 2 aromatic rings. The first-order valence-electron chi connectivity index (χ1n) is 10.7. The number of hydrogen-bond acceptors (Lipinski definition) is 6. The van der Waals surface area contributed by atoms with Crippen LogP contribution in [0.1, 0.15) is 18.4 Å². The van der Waals surface area contributed by atoms with E-state index in [-0.39, 0.29) is 5.91 Å². The quantitative estimate of drug-likeness (QED) is 0.734. The number of carbonyl (C=O) groups is 1. The third-order valence-electron chi connectivity index (χ3n) is 6.08. The van der Waals surface area contributed by atoms with Crippen LogP contribution in [0.3, 0.4) is 0 Å². The second kappa shape index (κ2) is 8.17. The van der Waals surface area contributed by atoms with Gasteiger partial charge < -0.3 is 0 Å². The molecule has 0 spiro atoms.